The van der Waals surface area contributed by atoms with Crippen molar-refractivity contribution in [3.63, 3.8) is 0 Å². The molecule has 2 nitrogen and oxygen atoms in total. The zero-order valence-electron chi connectivity index (χ0n) is 7.11. The molecule has 1 aliphatic carbocycles. The number of nitrogens with zero attached hydrogens (tertiary/aromatic N) is 1. The van der Waals surface area contributed by atoms with Crippen molar-refractivity contribution in [2.75, 3.05) is 0 Å². The second-order valence-corrected chi connectivity index (χ2v) is 4.19. The van der Waals surface area contributed by atoms with Crippen molar-refractivity contribution in [1.82, 2.24) is 0 Å². The van der Waals surface area contributed by atoms with Crippen molar-refractivity contribution in [2.45, 2.75) is 18.9 Å². The van der Waals surface area contributed by atoms with E-state index >= 15 is 0 Å². The normalized spacial score (nSPS) is 17.5. The highest BCUT2D eigenvalue weighted by atomic mass is 79.9. The SMILES string of the molecule is [O-]/[N+](=C/c1ccc(Br)cc1)C1CC1. The van der Waals surface area contributed by atoms with Gasteiger partial charge in [-0.2, -0.15) is 0 Å². The maximum Gasteiger partial charge on any atom is 0.182 e. The van der Waals surface area contributed by atoms with E-state index in [4.69, 9.17) is 0 Å². The van der Waals surface area contributed by atoms with Crippen LogP contribution in [0.2, 0.25) is 0 Å². The summed E-state index contributed by atoms with van der Waals surface area (Å²) in [6.45, 7) is 0. The first-order valence-electron chi connectivity index (χ1n) is 4.31. The van der Waals surface area contributed by atoms with E-state index in [2.05, 4.69) is 15.9 Å². The first kappa shape index (κ1) is 8.75. The molecule has 68 valence electrons. The van der Waals surface area contributed by atoms with Gasteiger partial charge in [-0.05, 0) is 24.3 Å². The van der Waals surface area contributed by atoms with Gasteiger partial charge in [0.2, 0.25) is 0 Å². The van der Waals surface area contributed by atoms with E-state index in [-0.39, 0.29) is 6.04 Å². The fourth-order valence-corrected chi connectivity index (χ4v) is 1.39. The molecule has 0 unspecified atom stereocenters. The lowest BCUT2D eigenvalue weighted by Crippen LogP contribution is -2.07. The summed E-state index contributed by atoms with van der Waals surface area (Å²) in [4.78, 5) is 0. The van der Waals surface area contributed by atoms with Gasteiger partial charge in [0.25, 0.3) is 0 Å². The maximum atomic E-state index is 11.3. The molecule has 0 radical (unpaired) electrons. The van der Waals surface area contributed by atoms with Crippen molar-refractivity contribution >= 4 is 22.1 Å². The second kappa shape index (κ2) is 3.50. The Morgan fingerprint density at radius 1 is 1.31 bits per heavy atom. The molecule has 3 heteroatoms. The first-order valence-corrected chi connectivity index (χ1v) is 5.11. The van der Waals surface area contributed by atoms with Crippen molar-refractivity contribution in [2.24, 2.45) is 0 Å². The summed E-state index contributed by atoms with van der Waals surface area (Å²) in [7, 11) is 0. The van der Waals surface area contributed by atoms with Gasteiger partial charge in [0.1, 0.15) is 0 Å². The standard InChI is InChI=1S/C10H10BrNO/c11-9-3-1-8(2-4-9)7-12(13)10-5-6-10/h1-4,7,10H,5-6H2/b12-7+. The summed E-state index contributed by atoms with van der Waals surface area (Å²) in [5.41, 5.74) is 0.963. The fraction of sp³-hybridized carbons (Fsp3) is 0.300. The van der Waals surface area contributed by atoms with E-state index in [0.29, 0.717) is 0 Å². The van der Waals surface area contributed by atoms with E-state index in [1.807, 2.05) is 24.3 Å². The number of hydrogen-bond donors (Lipinski definition) is 0. The summed E-state index contributed by atoms with van der Waals surface area (Å²) in [6, 6.07) is 7.97. The van der Waals surface area contributed by atoms with Gasteiger partial charge < -0.3 is 5.21 Å². The lowest BCUT2D eigenvalue weighted by Gasteiger charge is -2.00. The maximum absolute atomic E-state index is 11.3. The van der Waals surface area contributed by atoms with Crippen LogP contribution in [0, 0.1) is 5.21 Å². The zero-order chi connectivity index (χ0) is 9.26. The van der Waals surface area contributed by atoms with Crippen LogP contribution in [0.4, 0.5) is 0 Å². The van der Waals surface area contributed by atoms with Crippen molar-refractivity contribution in [1.29, 1.82) is 0 Å². The van der Waals surface area contributed by atoms with Gasteiger partial charge in [0, 0.05) is 22.9 Å². The second-order valence-electron chi connectivity index (χ2n) is 3.27. The average Bonchev–Trinajstić information content (AvgIpc) is 2.91. The summed E-state index contributed by atoms with van der Waals surface area (Å²) >= 11 is 3.35. The predicted molar refractivity (Wildman–Crippen MR) is 56.0 cm³/mol. The van der Waals surface area contributed by atoms with Crippen LogP contribution in [0.25, 0.3) is 0 Å². The molecule has 1 fully saturated rings. The topological polar surface area (TPSA) is 26.1 Å². The van der Waals surface area contributed by atoms with Gasteiger partial charge in [-0.3, -0.25) is 0 Å². The van der Waals surface area contributed by atoms with Crippen LogP contribution in [-0.2, 0) is 0 Å². The molecule has 1 aromatic carbocycles. The Morgan fingerprint density at radius 3 is 2.46 bits per heavy atom. The van der Waals surface area contributed by atoms with E-state index < -0.39 is 0 Å². The molecule has 0 amide bonds. The van der Waals surface area contributed by atoms with Crippen molar-refractivity contribution < 1.29 is 4.74 Å². The summed E-state index contributed by atoms with van der Waals surface area (Å²) in [5.74, 6) is 0. The lowest BCUT2D eigenvalue weighted by molar-refractivity contribution is -0.467. The molecule has 1 saturated carbocycles. The van der Waals surface area contributed by atoms with Crippen LogP contribution in [0.3, 0.4) is 0 Å². The molecule has 0 spiro atoms. The minimum absolute atomic E-state index is 0.239. The Kier molecular flexibility index (Phi) is 2.36. The number of rotatable bonds is 2. The lowest BCUT2D eigenvalue weighted by atomic mass is 10.2. The Morgan fingerprint density at radius 2 is 1.92 bits per heavy atom. The third kappa shape index (κ3) is 2.31. The van der Waals surface area contributed by atoms with Crippen LogP contribution in [0.15, 0.2) is 28.7 Å². The van der Waals surface area contributed by atoms with E-state index in [1.165, 1.54) is 0 Å². The van der Waals surface area contributed by atoms with E-state index in [9.17, 15) is 5.21 Å². The molecule has 0 bridgehead atoms. The molecule has 1 aromatic rings. The van der Waals surface area contributed by atoms with Crippen molar-refractivity contribution in [3.05, 3.63) is 39.5 Å². The highest BCUT2D eigenvalue weighted by Gasteiger charge is 2.29. The Labute approximate surface area is 85.6 Å². The van der Waals surface area contributed by atoms with Gasteiger partial charge in [-0.15, -0.1) is 0 Å². The van der Waals surface area contributed by atoms with E-state index in [0.717, 1.165) is 27.6 Å². The molecular formula is C10H10BrNO. The molecular weight excluding hydrogens is 230 g/mol. The molecule has 0 atom stereocenters. The molecule has 0 heterocycles. The first-order chi connectivity index (χ1) is 6.25. The largest absolute Gasteiger partial charge is 0.624 e. The number of benzene rings is 1. The van der Waals surface area contributed by atoms with Gasteiger partial charge >= 0.3 is 0 Å². The highest BCUT2D eigenvalue weighted by molar-refractivity contribution is 9.10. The van der Waals surface area contributed by atoms with Gasteiger partial charge in [0.15, 0.2) is 12.3 Å². The highest BCUT2D eigenvalue weighted by Crippen LogP contribution is 2.22. The number of hydroxylamine groups is 1. The molecule has 0 saturated heterocycles. The molecule has 1 aliphatic rings. The summed E-state index contributed by atoms with van der Waals surface area (Å²) < 4.78 is 2.09. The Hall–Kier alpha value is -0.830. The van der Waals surface area contributed by atoms with Crippen LogP contribution in [0.1, 0.15) is 18.4 Å². The molecule has 13 heavy (non-hydrogen) atoms. The van der Waals surface area contributed by atoms with Crippen molar-refractivity contribution in [3.8, 4) is 0 Å². The third-order valence-corrected chi connectivity index (χ3v) is 2.58. The molecule has 0 N–H and O–H groups in total. The zero-order valence-corrected chi connectivity index (χ0v) is 8.70. The van der Waals surface area contributed by atoms with Crippen LogP contribution in [-0.4, -0.2) is 17.0 Å². The van der Waals surface area contributed by atoms with Crippen LogP contribution < -0.4 is 0 Å². The minimum atomic E-state index is 0.239. The molecule has 0 aliphatic heterocycles. The quantitative estimate of drug-likeness (QED) is 0.337. The smallest absolute Gasteiger partial charge is 0.182 e. The number of hydrogen-bond acceptors (Lipinski definition) is 1. The van der Waals surface area contributed by atoms with Gasteiger partial charge in [-0.25, -0.2) is 4.74 Å². The Balaban J connectivity index is 2.16. The van der Waals surface area contributed by atoms with Crippen LogP contribution in [0.5, 0.6) is 0 Å². The summed E-state index contributed by atoms with van der Waals surface area (Å²) in [6.07, 6.45) is 3.73. The third-order valence-electron chi connectivity index (χ3n) is 2.05. The average molecular weight is 240 g/mol. The predicted octanol–water partition coefficient (Wildman–Crippen LogP) is 2.54. The molecule has 0 aromatic heterocycles. The van der Waals surface area contributed by atoms with Gasteiger partial charge in [0.05, 0.1) is 0 Å². The van der Waals surface area contributed by atoms with E-state index in [1.54, 1.807) is 6.21 Å². The van der Waals surface area contributed by atoms with Crippen LogP contribution >= 0.6 is 15.9 Å². The van der Waals surface area contributed by atoms with Gasteiger partial charge in [-0.1, -0.05) is 15.9 Å². The number of halogens is 1. The Bertz CT molecular complexity index is 327. The monoisotopic (exact) mass is 239 g/mol. The minimum Gasteiger partial charge on any atom is -0.624 e. The summed E-state index contributed by atoms with van der Waals surface area (Å²) in [5, 5.41) is 11.3. The fourth-order valence-electron chi connectivity index (χ4n) is 1.13. The molecule has 2 rings (SSSR count).